The lowest BCUT2D eigenvalue weighted by molar-refractivity contribution is 0.144. The maximum Gasteiger partial charge on any atom is 0.0459 e. The number of fused-ring (bicyclic) bond motifs is 1. The Kier molecular flexibility index (Phi) is 3.70. The lowest BCUT2D eigenvalue weighted by Crippen LogP contribution is -2.39. The number of aromatic amines is 1. The number of hydrogen-bond acceptors (Lipinski definition) is 2. The zero-order chi connectivity index (χ0) is 14.2. The number of aromatic nitrogens is 1. The third kappa shape index (κ3) is 2.40. The summed E-state index contributed by atoms with van der Waals surface area (Å²) in [5.74, 6) is 0. The monoisotopic (exact) mass is 259 g/mol. The highest BCUT2D eigenvalue weighted by Crippen LogP contribution is 2.41. The molecule has 2 rings (SSSR count). The van der Waals surface area contributed by atoms with Crippen LogP contribution in [0, 0.1) is 12.3 Å². The van der Waals surface area contributed by atoms with E-state index in [0.717, 1.165) is 0 Å². The van der Waals surface area contributed by atoms with Crippen LogP contribution in [0.5, 0.6) is 0 Å². The summed E-state index contributed by atoms with van der Waals surface area (Å²) >= 11 is 0. The zero-order valence-corrected chi connectivity index (χ0v) is 12.6. The fraction of sp³-hybridized carbons (Fsp3) is 0.500. The fourth-order valence-electron chi connectivity index (χ4n) is 3.11. The first-order chi connectivity index (χ1) is 8.88. The molecule has 1 aromatic heterocycles. The lowest BCUT2D eigenvalue weighted by Gasteiger charge is -2.38. The minimum Gasteiger partial charge on any atom is -0.358 e. The van der Waals surface area contributed by atoms with Gasteiger partial charge in [-0.1, -0.05) is 32.0 Å². The fourth-order valence-corrected chi connectivity index (χ4v) is 3.11. The van der Waals surface area contributed by atoms with Crippen LogP contribution < -0.4 is 5.73 Å². The van der Waals surface area contributed by atoms with Gasteiger partial charge < -0.3 is 15.6 Å². The number of benzene rings is 1. The Morgan fingerprint density at radius 3 is 2.47 bits per heavy atom. The maximum atomic E-state index is 6.01. The van der Waals surface area contributed by atoms with Crippen molar-refractivity contribution in [3.63, 3.8) is 0 Å². The van der Waals surface area contributed by atoms with E-state index in [0.29, 0.717) is 12.6 Å². The molecule has 1 heterocycles. The first-order valence-electron chi connectivity index (χ1n) is 6.82. The molecule has 1 atom stereocenters. The molecule has 104 valence electrons. The molecular formula is C16H25N3. The van der Waals surface area contributed by atoms with Gasteiger partial charge in [0, 0.05) is 22.6 Å². The normalized spacial score (nSPS) is 14.3. The first kappa shape index (κ1) is 14.1. The third-order valence-corrected chi connectivity index (χ3v) is 4.00. The van der Waals surface area contributed by atoms with Crippen molar-refractivity contribution in [3.05, 3.63) is 35.5 Å². The van der Waals surface area contributed by atoms with Crippen LogP contribution in [0.3, 0.4) is 0 Å². The molecule has 1 unspecified atom stereocenters. The number of H-pyrrole nitrogens is 1. The van der Waals surface area contributed by atoms with E-state index in [1.165, 1.54) is 22.2 Å². The van der Waals surface area contributed by atoms with Gasteiger partial charge in [-0.05, 0) is 44.6 Å². The van der Waals surface area contributed by atoms with Crippen LogP contribution >= 0.6 is 0 Å². The Balaban J connectivity index is 2.66. The van der Waals surface area contributed by atoms with E-state index in [1.807, 2.05) is 0 Å². The molecule has 1 aromatic carbocycles. The Labute approximate surface area is 115 Å². The number of aryl methyl sites for hydroxylation is 1. The second-order valence-electron chi connectivity index (χ2n) is 6.27. The molecule has 19 heavy (non-hydrogen) atoms. The highest BCUT2D eigenvalue weighted by molar-refractivity contribution is 5.85. The summed E-state index contributed by atoms with van der Waals surface area (Å²) in [6.45, 7) is 7.28. The molecule has 0 saturated carbocycles. The van der Waals surface area contributed by atoms with Crippen molar-refractivity contribution in [2.75, 3.05) is 20.6 Å². The molecular weight excluding hydrogens is 234 g/mol. The van der Waals surface area contributed by atoms with Gasteiger partial charge >= 0.3 is 0 Å². The summed E-state index contributed by atoms with van der Waals surface area (Å²) in [6, 6.07) is 8.79. The predicted molar refractivity (Wildman–Crippen MR) is 82.3 cm³/mol. The SMILES string of the molecule is Cc1[nH]c2ccccc2c1C(N(C)C)C(C)(C)CN. The Hall–Kier alpha value is -1.32. The van der Waals surface area contributed by atoms with E-state index in [4.69, 9.17) is 5.73 Å². The molecule has 3 N–H and O–H groups in total. The first-order valence-corrected chi connectivity index (χ1v) is 6.82. The molecule has 2 aromatic rings. The number of rotatable bonds is 4. The minimum atomic E-state index is 0.0270. The average molecular weight is 259 g/mol. The van der Waals surface area contributed by atoms with Crippen molar-refractivity contribution in [2.24, 2.45) is 11.1 Å². The van der Waals surface area contributed by atoms with Crippen LogP contribution in [-0.4, -0.2) is 30.5 Å². The summed E-state index contributed by atoms with van der Waals surface area (Å²) in [7, 11) is 4.26. The number of hydrogen-bond donors (Lipinski definition) is 2. The van der Waals surface area contributed by atoms with Gasteiger partial charge in [-0.3, -0.25) is 0 Å². The largest absolute Gasteiger partial charge is 0.358 e. The van der Waals surface area contributed by atoms with Gasteiger partial charge in [-0.15, -0.1) is 0 Å². The molecule has 0 aliphatic rings. The maximum absolute atomic E-state index is 6.01. The summed E-state index contributed by atoms with van der Waals surface area (Å²) in [5.41, 5.74) is 9.85. The van der Waals surface area contributed by atoms with Crippen LogP contribution in [0.4, 0.5) is 0 Å². The van der Waals surface area contributed by atoms with E-state index in [2.05, 4.69) is 69.0 Å². The van der Waals surface area contributed by atoms with Crippen molar-refractivity contribution in [1.82, 2.24) is 9.88 Å². The zero-order valence-electron chi connectivity index (χ0n) is 12.6. The van der Waals surface area contributed by atoms with Crippen LogP contribution in [0.25, 0.3) is 10.9 Å². The third-order valence-electron chi connectivity index (χ3n) is 4.00. The van der Waals surface area contributed by atoms with Crippen molar-refractivity contribution in [1.29, 1.82) is 0 Å². The smallest absolute Gasteiger partial charge is 0.0459 e. The van der Waals surface area contributed by atoms with Crippen LogP contribution in [-0.2, 0) is 0 Å². The van der Waals surface area contributed by atoms with Crippen molar-refractivity contribution in [3.8, 4) is 0 Å². The molecule has 0 aliphatic heterocycles. The molecule has 0 bridgehead atoms. The molecule has 0 amide bonds. The van der Waals surface area contributed by atoms with E-state index in [9.17, 15) is 0 Å². The Morgan fingerprint density at radius 2 is 1.89 bits per heavy atom. The van der Waals surface area contributed by atoms with Gasteiger partial charge in [0.15, 0.2) is 0 Å². The highest BCUT2D eigenvalue weighted by atomic mass is 15.1. The number of nitrogens with zero attached hydrogens (tertiary/aromatic N) is 1. The van der Waals surface area contributed by atoms with E-state index >= 15 is 0 Å². The van der Waals surface area contributed by atoms with Crippen LogP contribution in [0.2, 0.25) is 0 Å². The minimum absolute atomic E-state index is 0.0270. The summed E-state index contributed by atoms with van der Waals surface area (Å²) in [4.78, 5) is 5.76. The Morgan fingerprint density at radius 1 is 1.26 bits per heavy atom. The van der Waals surface area contributed by atoms with Crippen LogP contribution in [0.15, 0.2) is 24.3 Å². The Bertz CT molecular complexity index is 566. The average Bonchev–Trinajstić information content (AvgIpc) is 2.66. The van der Waals surface area contributed by atoms with Gasteiger partial charge in [0.25, 0.3) is 0 Å². The molecule has 0 saturated heterocycles. The van der Waals surface area contributed by atoms with E-state index in [-0.39, 0.29) is 5.41 Å². The molecule has 0 fully saturated rings. The van der Waals surface area contributed by atoms with Gasteiger partial charge in [0.1, 0.15) is 0 Å². The second kappa shape index (κ2) is 4.99. The van der Waals surface area contributed by atoms with Gasteiger partial charge in [-0.2, -0.15) is 0 Å². The molecule has 0 spiro atoms. The van der Waals surface area contributed by atoms with Gasteiger partial charge in [0.2, 0.25) is 0 Å². The lowest BCUT2D eigenvalue weighted by atomic mass is 9.79. The van der Waals surface area contributed by atoms with Gasteiger partial charge in [0.05, 0.1) is 0 Å². The van der Waals surface area contributed by atoms with Crippen LogP contribution in [0.1, 0.15) is 31.1 Å². The molecule has 0 radical (unpaired) electrons. The molecule has 3 heteroatoms. The summed E-state index contributed by atoms with van der Waals surface area (Å²) in [6.07, 6.45) is 0. The summed E-state index contributed by atoms with van der Waals surface area (Å²) in [5, 5.41) is 1.31. The summed E-state index contributed by atoms with van der Waals surface area (Å²) < 4.78 is 0. The van der Waals surface area contributed by atoms with Crippen molar-refractivity contribution in [2.45, 2.75) is 26.8 Å². The predicted octanol–water partition coefficient (Wildman–Crippen LogP) is 3.06. The van der Waals surface area contributed by atoms with Crippen molar-refractivity contribution < 1.29 is 0 Å². The quantitative estimate of drug-likeness (QED) is 0.886. The van der Waals surface area contributed by atoms with E-state index in [1.54, 1.807) is 0 Å². The number of nitrogens with one attached hydrogen (secondary N) is 1. The van der Waals surface area contributed by atoms with Crippen molar-refractivity contribution >= 4 is 10.9 Å². The van der Waals surface area contributed by atoms with E-state index < -0.39 is 0 Å². The number of nitrogens with two attached hydrogens (primary N) is 1. The number of para-hydroxylation sites is 1. The standard InChI is InChI=1S/C16H25N3/c1-11-14(12-8-6-7-9-13(12)18-11)15(19(4)5)16(2,3)10-17/h6-9,15,18H,10,17H2,1-5H3. The molecule has 0 aliphatic carbocycles. The second-order valence-corrected chi connectivity index (χ2v) is 6.27. The van der Waals surface area contributed by atoms with Gasteiger partial charge in [-0.25, -0.2) is 0 Å². The molecule has 3 nitrogen and oxygen atoms in total. The topological polar surface area (TPSA) is 45.0 Å². The highest BCUT2D eigenvalue weighted by Gasteiger charge is 2.34.